The lowest BCUT2D eigenvalue weighted by atomic mass is 10.2. The van der Waals surface area contributed by atoms with Crippen LogP contribution in [0.2, 0.25) is 0 Å². The highest BCUT2D eigenvalue weighted by Gasteiger charge is 1.90. The Morgan fingerprint density at radius 1 is 1.29 bits per heavy atom. The Morgan fingerprint density at radius 2 is 2.07 bits per heavy atom. The van der Waals surface area contributed by atoms with Gasteiger partial charge in [0.05, 0.1) is 6.61 Å². The van der Waals surface area contributed by atoms with E-state index in [1.54, 1.807) is 0 Å². The average Bonchev–Trinajstić information content (AvgIpc) is 2.25. The zero-order valence-corrected chi connectivity index (χ0v) is 8.20. The second kappa shape index (κ2) is 7.14. The van der Waals surface area contributed by atoms with Crippen LogP contribution in [0.4, 0.5) is 0 Å². The smallest absolute Gasteiger partial charge is 0.0933 e. The molecule has 14 heavy (non-hydrogen) atoms. The molecule has 0 fully saturated rings. The van der Waals surface area contributed by atoms with Gasteiger partial charge in [0, 0.05) is 13.0 Å². The molecule has 0 heterocycles. The average molecular weight is 189 g/mol. The SMILES string of the molecule is C#CCCCNOCc1ccccc1. The topological polar surface area (TPSA) is 21.3 Å². The molecule has 0 aliphatic rings. The van der Waals surface area contributed by atoms with Gasteiger partial charge in [0.1, 0.15) is 0 Å². The molecule has 0 amide bonds. The number of benzene rings is 1. The van der Waals surface area contributed by atoms with Gasteiger partial charge in [0.2, 0.25) is 0 Å². The van der Waals surface area contributed by atoms with Crippen molar-refractivity contribution in [2.45, 2.75) is 19.4 Å². The zero-order chi connectivity index (χ0) is 10.1. The number of hydroxylamine groups is 1. The van der Waals surface area contributed by atoms with Crippen LogP contribution < -0.4 is 5.48 Å². The number of nitrogens with one attached hydrogen (secondary N) is 1. The monoisotopic (exact) mass is 189 g/mol. The van der Waals surface area contributed by atoms with E-state index in [1.165, 1.54) is 0 Å². The third-order valence-corrected chi connectivity index (χ3v) is 1.78. The van der Waals surface area contributed by atoms with Crippen LogP contribution >= 0.6 is 0 Å². The van der Waals surface area contributed by atoms with Crippen molar-refractivity contribution in [1.82, 2.24) is 5.48 Å². The van der Waals surface area contributed by atoms with E-state index >= 15 is 0 Å². The van der Waals surface area contributed by atoms with Crippen molar-refractivity contribution in [2.24, 2.45) is 0 Å². The summed E-state index contributed by atoms with van der Waals surface area (Å²) >= 11 is 0. The molecule has 0 bridgehead atoms. The van der Waals surface area contributed by atoms with Crippen molar-refractivity contribution in [3.63, 3.8) is 0 Å². The fraction of sp³-hybridized carbons (Fsp3) is 0.333. The Kier molecular flexibility index (Phi) is 5.49. The van der Waals surface area contributed by atoms with E-state index < -0.39 is 0 Å². The molecular formula is C12H15NO. The largest absolute Gasteiger partial charge is 0.297 e. The van der Waals surface area contributed by atoms with Crippen LogP contribution in [0.1, 0.15) is 18.4 Å². The fourth-order valence-corrected chi connectivity index (χ4v) is 1.04. The van der Waals surface area contributed by atoms with Gasteiger partial charge < -0.3 is 0 Å². The molecule has 0 aliphatic heterocycles. The second-order valence-electron chi connectivity index (χ2n) is 2.98. The number of unbranched alkanes of at least 4 members (excludes halogenated alkanes) is 1. The lowest BCUT2D eigenvalue weighted by Crippen LogP contribution is -2.15. The van der Waals surface area contributed by atoms with E-state index in [0.29, 0.717) is 6.61 Å². The Bertz CT molecular complexity index is 276. The Morgan fingerprint density at radius 3 is 2.79 bits per heavy atom. The Hall–Kier alpha value is -1.30. The van der Waals surface area contributed by atoms with Crippen LogP contribution in [0.3, 0.4) is 0 Å². The number of terminal acetylenes is 1. The summed E-state index contributed by atoms with van der Waals surface area (Å²) in [6, 6.07) is 10.0. The van der Waals surface area contributed by atoms with Gasteiger partial charge in [0.15, 0.2) is 0 Å². The Labute approximate surface area is 85.2 Å². The molecule has 0 radical (unpaired) electrons. The summed E-state index contributed by atoms with van der Waals surface area (Å²) in [5.74, 6) is 2.58. The third kappa shape index (κ3) is 4.66. The predicted molar refractivity (Wildman–Crippen MR) is 57.3 cm³/mol. The standard InChI is InChI=1S/C12H15NO/c1-2-3-7-10-13-14-11-12-8-5-4-6-9-12/h1,4-6,8-9,13H,3,7,10-11H2. The summed E-state index contributed by atoms with van der Waals surface area (Å²) in [4.78, 5) is 5.25. The first-order valence-electron chi connectivity index (χ1n) is 4.75. The molecule has 0 unspecified atom stereocenters. The molecule has 1 N–H and O–H groups in total. The van der Waals surface area contributed by atoms with Crippen molar-refractivity contribution in [1.29, 1.82) is 0 Å². The molecule has 2 heteroatoms. The maximum Gasteiger partial charge on any atom is 0.0933 e. The van der Waals surface area contributed by atoms with Gasteiger partial charge in [-0.2, -0.15) is 0 Å². The fourth-order valence-electron chi connectivity index (χ4n) is 1.04. The summed E-state index contributed by atoms with van der Waals surface area (Å²) < 4.78 is 0. The van der Waals surface area contributed by atoms with Crippen molar-refractivity contribution < 1.29 is 4.84 Å². The molecular weight excluding hydrogens is 174 g/mol. The van der Waals surface area contributed by atoms with Crippen LogP contribution in [0.5, 0.6) is 0 Å². The van der Waals surface area contributed by atoms with Gasteiger partial charge in [-0.25, -0.2) is 5.48 Å². The van der Waals surface area contributed by atoms with Crippen LogP contribution in [0.15, 0.2) is 30.3 Å². The van der Waals surface area contributed by atoms with Gasteiger partial charge in [-0.1, -0.05) is 30.3 Å². The minimum Gasteiger partial charge on any atom is -0.297 e. The highest BCUT2D eigenvalue weighted by atomic mass is 16.6. The molecule has 0 atom stereocenters. The predicted octanol–water partition coefficient (Wildman–Crippen LogP) is 2.12. The summed E-state index contributed by atoms with van der Waals surface area (Å²) in [6.07, 6.45) is 6.86. The van der Waals surface area contributed by atoms with Gasteiger partial charge in [-0.05, 0) is 12.0 Å². The summed E-state index contributed by atoms with van der Waals surface area (Å²) in [5.41, 5.74) is 4.04. The van der Waals surface area contributed by atoms with E-state index in [2.05, 4.69) is 11.4 Å². The van der Waals surface area contributed by atoms with Crippen molar-refractivity contribution in [3.8, 4) is 12.3 Å². The van der Waals surface area contributed by atoms with Crippen molar-refractivity contribution in [2.75, 3.05) is 6.54 Å². The van der Waals surface area contributed by atoms with Gasteiger partial charge in [-0.15, -0.1) is 12.3 Å². The van der Waals surface area contributed by atoms with Crippen molar-refractivity contribution >= 4 is 0 Å². The molecule has 0 aromatic heterocycles. The molecule has 1 rings (SSSR count). The summed E-state index contributed by atoms with van der Waals surface area (Å²) in [5, 5.41) is 0. The van der Waals surface area contributed by atoms with Crippen LogP contribution in [0, 0.1) is 12.3 Å². The van der Waals surface area contributed by atoms with Gasteiger partial charge >= 0.3 is 0 Å². The maximum atomic E-state index is 5.25. The van der Waals surface area contributed by atoms with Crippen LogP contribution in [-0.4, -0.2) is 6.54 Å². The normalized spacial score (nSPS) is 9.64. The lowest BCUT2D eigenvalue weighted by molar-refractivity contribution is 0.0278. The maximum absolute atomic E-state index is 5.25. The zero-order valence-electron chi connectivity index (χ0n) is 8.20. The highest BCUT2D eigenvalue weighted by Crippen LogP contribution is 1.98. The van der Waals surface area contributed by atoms with Crippen molar-refractivity contribution in [3.05, 3.63) is 35.9 Å². The van der Waals surface area contributed by atoms with E-state index in [1.807, 2.05) is 30.3 Å². The molecule has 74 valence electrons. The minimum atomic E-state index is 0.594. The number of hydrogen-bond donors (Lipinski definition) is 1. The number of rotatable bonds is 6. The lowest BCUT2D eigenvalue weighted by Gasteiger charge is -2.04. The van der Waals surface area contributed by atoms with E-state index in [9.17, 15) is 0 Å². The third-order valence-electron chi connectivity index (χ3n) is 1.78. The Balaban J connectivity index is 2.03. The first-order valence-corrected chi connectivity index (χ1v) is 4.75. The van der Waals surface area contributed by atoms with E-state index in [-0.39, 0.29) is 0 Å². The van der Waals surface area contributed by atoms with Crippen LogP contribution in [0.25, 0.3) is 0 Å². The van der Waals surface area contributed by atoms with Gasteiger partial charge in [0.25, 0.3) is 0 Å². The molecule has 1 aromatic rings. The van der Waals surface area contributed by atoms with Gasteiger partial charge in [-0.3, -0.25) is 4.84 Å². The quantitative estimate of drug-likeness (QED) is 0.420. The summed E-state index contributed by atoms with van der Waals surface area (Å²) in [6.45, 7) is 1.40. The highest BCUT2D eigenvalue weighted by molar-refractivity contribution is 5.13. The molecule has 0 saturated heterocycles. The molecule has 0 saturated carbocycles. The molecule has 0 spiro atoms. The summed E-state index contributed by atoms with van der Waals surface area (Å²) in [7, 11) is 0. The van der Waals surface area contributed by atoms with Crippen LogP contribution in [-0.2, 0) is 11.4 Å². The number of hydrogen-bond acceptors (Lipinski definition) is 2. The molecule has 0 aliphatic carbocycles. The van der Waals surface area contributed by atoms with E-state index in [4.69, 9.17) is 11.3 Å². The minimum absolute atomic E-state index is 0.594. The second-order valence-corrected chi connectivity index (χ2v) is 2.98. The molecule has 2 nitrogen and oxygen atoms in total. The first kappa shape index (κ1) is 10.8. The van der Waals surface area contributed by atoms with E-state index in [0.717, 1.165) is 24.9 Å². The first-order chi connectivity index (χ1) is 6.93. The molecule has 1 aromatic carbocycles.